The second-order valence-electron chi connectivity index (χ2n) is 8.23. The van der Waals surface area contributed by atoms with Gasteiger partial charge in [0, 0.05) is 30.3 Å². The largest absolute Gasteiger partial charge is 0.508 e. The Kier molecular flexibility index (Phi) is 7.56. The van der Waals surface area contributed by atoms with Crippen LogP contribution in [0.3, 0.4) is 0 Å². The monoisotopic (exact) mass is 474 g/mol. The average Bonchev–Trinajstić information content (AvgIpc) is 2.76. The number of amides is 1. The van der Waals surface area contributed by atoms with Gasteiger partial charge in [0.1, 0.15) is 5.75 Å². The van der Waals surface area contributed by atoms with E-state index in [0.29, 0.717) is 18.7 Å². The van der Waals surface area contributed by atoms with Crippen LogP contribution in [0.5, 0.6) is 5.75 Å². The van der Waals surface area contributed by atoms with Crippen LogP contribution in [-0.2, 0) is 18.9 Å². The number of nitrogens with one attached hydrogen (secondary N) is 2. The number of para-hydroxylation sites is 1. The normalized spacial score (nSPS) is 19.3. The molecule has 1 fully saturated rings. The Bertz CT molecular complexity index is 934. The molecule has 0 aromatic heterocycles. The highest BCUT2D eigenvalue weighted by atomic mass is 19.4. The molecule has 0 radical (unpaired) electrons. The van der Waals surface area contributed by atoms with E-state index in [1.54, 1.807) is 12.1 Å². The number of phenolic OH excluding ortho intramolecular Hbond substituents is 1. The molecule has 1 amide bonds. The summed E-state index contributed by atoms with van der Waals surface area (Å²) >= 11 is 0. The van der Waals surface area contributed by atoms with Crippen LogP contribution in [-0.4, -0.2) is 23.6 Å². The SMILES string of the molecule is O=C(NC[C@H]1CC[C@H](NCc2ccccc2O)CC1)c1cc(C(F)(F)F)cc(C(F)(F)F)c1. The number of hydrogen-bond acceptors (Lipinski definition) is 3. The molecule has 2 aromatic carbocycles. The van der Waals surface area contributed by atoms with Crippen LogP contribution in [0.2, 0.25) is 0 Å². The van der Waals surface area contributed by atoms with Crippen molar-refractivity contribution < 1.29 is 36.2 Å². The number of aromatic hydroxyl groups is 1. The first-order valence-corrected chi connectivity index (χ1v) is 10.5. The lowest BCUT2D eigenvalue weighted by molar-refractivity contribution is -0.143. The van der Waals surface area contributed by atoms with Crippen molar-refractivity contribution in [2.45, 2.75) is 50.6 Å². The fraction of sp³-hybridized carbons (Fsp3) is 0.435. The van der Waals surface area contributed by atoms with Gasteiger partial charge < -0.3 is 15.7 Å². The highest BCUT2D eigenvalue weighted by Gasteiger charge is 2.37. The van der Waals surface area contributed by atoms with Gasteiger partial charge in [0.15, 0.2) is 0 Å². The molecular weight excluding hydrogens is 450 g/mol. The van der Waals surface area contributed by atoms with Gasteiger partial charge in [0.25, 0.3) is 5.91 Å². The Morgan fingerprint density at radius 2 is 1.48 bits per heavy atom. The molecule has 2 aromatic rings. The van der Waals surface area contributed by atoms with Crippen molar-refractivity contribution in [1.82, 2.24) is 10.6 Å². The zero-order chi connectivity index (χ0) is 24.2. The Morgan fingerprint density at radius 1 is 0.909 bits per heavy atom. The van der Waals surface area contributed by atoms with E-state index in [0.717, 1.165) is 31.2 Å². The highest BCUT2D eigenvalue weighted by molar-refractivity contribution is 5.94. The Balaban J connectivity index is 1.53. The molecule has 4 nitrogen and oxygen atoms in total. The van der Waals surface area contributed by atoms with Crippen LogP contribution in [0.25, 0.3) is 0 Å². The Morgan fingerprint density at radius 3 is 2.03 bits per heavy atom. The lowest BCUT2D eigenvalue weighted by Crippen LogP contribution is -2.36. The molecule has 0 atom stereocenters. The number of benzene rings is 2. The highest BCUT2D eigenvalue weighted by Crippen LogP contribution is 2.36. The van der Waals surface area contributed by atoms with Crippen LogP contribution in [0, 0.1) is 5.92 Å². The second-order valence-corrected chi connectivity index (χ2v) is 8.23. The summed E-state index contributed by atoms with van der Waals surface area (Å²) in [4.78, 5) is 12.3. The van der Waals surface area contributed by atoms with Crippen molar-refractivity contribution in [3.8, 4) is 5.75 Å². The molecule has 3 rings (SSSR count). The maximum Gasteiger partial charge on any atom is 0.416 e. The minimum Gasteiger partial charge on any atom is -0.508 e. The van der Waals surface area contributed by atoms with Gasteiger partial charge in [-0.3, -0.25) is 4.79 Å². The number of alkyl halides is 6. The van der Waals surface area contributed by atoms with Gasteiger partial charge in [0.05, 0.1) is 11.1 Å². The smallest absolute Gasteiger partial charge is 0.416 e. The predicted molar refractivity (Wildman–Crippen MR) is 109 cm³/mol. The number of rotatable bonds is 6. The minimum absolute atomic E-state index is 0.000242. The van der Waals surface area contributed by atoms with Crippen molar-refractivity contribution in [2.75, 3.05) is 6.54 Å². The number of carbonyl (C=O) groups excluding carboxylic acids is 1. The molecule has 10 heteroatoms. The minimum atomic E-state index is -5.00. The molecule has 1 saturated carbocycles. The van der Waals surface area contributed by atoms with Gasteiger partial charge in [-0.25, -0.2) is 0 Å². The molecule has 3 N–H and O–H groups in total. The van der Waals surface area contributed by atoms with Gasteiger partial charge in [-0.15, -0.1) is 0 Å². The molecule has 0 spiro atoms. The summed E-state index contributed by atoms with van der Waals surface area (Å²) in [6, 6.07) is 8.09. The number of halogens is 6. The van der Waals surface area contributed by atoms with Crippen molar-refractivity contribution in [2.24, 2.45) is 5.92 Å². The summed E-state index contributed by atoms with van der Waals surface area (Å²) in [6.07, 6.45) is -6.91. The van der Waals surface area contributed by atoms with Crippen molar-refractivity contribution in [3.63, 3.8) is 0 Å². The van der Waals surface area contributed by atoms with E-state index < -0.39 is 35.0 Å². The first kappa shape index (κ1) is 24.9. The van der Waals surface area contributed by atoms with Crippen LogP contribution in [0.4, 0.5) is 26.3 Å². The summed E-state index contributed by atoms with van der Waals surface area (Å²) in [7, 11) is 0. The Hall–Kier alpha value is -2.75. The molecular formula is C23H24F6N2O2. The molecule has 0 saturated heterocycles. The third kappa shape index (κ3) is 6.86. The average molecular weight is 474 g/mol. The topological polar surface area (TPSA) is 61.4 Å². The molecule has 0 heterocycles. The van der Waals surface area contributed by atoms with E-state index in [9.17, 15) is 36.2 Å². The van der Waals surface area contributed by atoms with Crippen molar-refractivity contribution in [1.29, 1.82) is 0 Å². The summed E-state index contributed by atoms with van der Waals surface area (Å²) in [6.45, 7) is 0.679. The van der Waals surface area contributed by atoms with Crippen LogP contribution in [0.1, 0.15) is 52.7 Å². The van der Waals surface area contributed by atoms with Crippen molar-refractivity contribution >= 4 is 5.91 Å². The van der Waals surface area contributed by atoms with Gasteiger partial charge in [-0.2, -0.15) is 26.3 Å². The van der Waals surface area contributed by atoms with Gasteiger partial charge >= 0.3 is 12.4 Å². The van der Waals surface area contributed by atoms with E-state index in [1.807, 2.05) is 12.1 Å². The van der Waals surface area contributed by atoms with E-state index in [1.165, 1.54) is 0 Å². The maximum atomic E-state index is 13.0. The Labute approximate surface area is 187 Å². The molecule has 1 aliphatic rings. The van der Waals surface area contributed by atoms with Crippen LogP contribution < -0.4 is 10.6 Å². The fourth-order valence-electron chi connectivity index (χ4n) is 3.91. The van der Waals surface area contributed by atoms with E-state index in [4.69, 9.17) is 0 Å². The molecule has 0 unspecified atom stereocenters. The third-order valence-electron chi connectivity index (χ3n) is 5.82. The standard InChI is InChI=1S/C23H24F6N2O2/c24-22(25,26)17-9-16(10-18(11-17)23(27,28)29)21(33)31-12-14-5-7-19(8-6-14)30-13-15-3-1-2-4-20(15)32/h1-4,9-11,14,19,30,32H,5-8,12-13H2,(H,31,33)/t14-,19-. The lowest BCUT2D eigenvalue weighted by atomic mass is 9.86. The van der Waals surface area contributed by atoms with E-state index in [2.05, 4.69) is 10.6 Å². The first-order valence-electron chi connectivity index (χ1n) is 10.5. The molecule has 0 aliphatic heterocycles. The number of hydrogen-bond donors (Lipinski definition) is 3. The fourth-order valence-corrected chi connectivity index (χ4v) is 3.91. The summed E-state index contributed by atoms with van der Waals surface area (Å²) in [5, 5.41) is 15.7. The second kappa shape index (κ2) is 10.0. The molecule has 180 valence electrons. The molecule has 33 heavy (non-hydrogen) atoms. The summed E-state index contributed by atoms with van der Waals surface area (Å²) < 4.78 is 77.9. The quantitative estimate of drug-likeness (QED) is 0.484. The predicted octanol–water partition coefficient (Wildman–Crippen LogP) is 5.51. The van der Waals surface area contributed by atoms with Gasteiger partial charge in [-0.1, -0.05) is 18.2 Å². The molecule has 1 aliphatic carbocycles. The van der Waals surface area contributed by atoms with E-state index >= 15 is 0 Å². The lowest BCUT2D eigenvalue weighted by Gasteiger charge is -2.29. The zero-order valence-corrected chi connectivity index (χ0v) is 17.6. The van der Waals surface area contributed by atoms with Crippen LogP contribution >= 0.6 is 0 Å². The summed E-state index contributed by atoms with van der Waals surface area (Å²) in [5.41, 5.74) is -2.92. The number of carbonyl (C=O) groups is 1. The van der Waals surface area contributed by atoms with Crippen LogP contribution in [0.15, 0.2) is 42.5 Å². The van der Waals surface area contributed by atoms with Gasteiger partial charge in [-0.05, 0) is 55.9 Å². The zero-order valence-electron chi connectivity index (χ0n) is 17.6. The van der Waals surface area contributed by atoms with Gasteiger partial charge in [0.2, 0.25) is 0 Å². The number of phenols is 1. The summed E-state index contributed by atoms with van der Waals surface area (Å²) in [5.74, 6) is -0.680. The van der Waals surface area contributed by atoms with Crippen molar-refractivity contribution in [3.05, 3.63) is 64.7 Å². The first-order chi connectivity index (χ1) is 15.4. The molecule has 0 bridgehead atoms. The third-order valence-corrected chi connectivity index (χ3v) is 5.82. The van der Waals surface area contributed by atoms with E-state index in [-0.39, 0.29) is 30.3 Å². The maximum absolute atomic E-state index is 13.0.